The quantitative estimate of drug-likeness (QED) is 0.557. The van der Waals surface area contributed by atoms with Crippen molar-refractivity contribution in [3.63, 3.8) is 0 Å². The molecule has 1 nitrogen and oxygen atoms in total. The van der Waals surface area contributed by atoms with Gasteiger partial charge in [0.15, 0.2) is 5.78 Å². The molecule has 90 valence electrons. The van der Waals surface area contributed by atoms with Crippen LogP contribution in [0, 0.1) is 5.82 Å². The van der Waals surface area contributed by atoms with Crippen molar-refractivity contribution in [2.75, 3.05) is 0 Å². The summed E-state index contributed by atoms with van der Waals surface area (Å²) in [4.78, 5) is 12.0. The van der Waals surface area contributed by atoms with Crippen LogP contribution in [0.1, 0.15) is 42.5 Å². The second-order valence-corrected chi connectivity index (χ2v) is 4.76. The van der Waals surface area contributed by atoms with Crippen molar-refractivity contribution in [2.24, 2.45) is 0 Å². The first kappa shape index (κ1) is 12.3. The molecular formula is C14H14ClFO. The number of ketones is 1. The van der Waals surface area contributed by atoms with Crippen molar-refractivity contribution in [2.45, 2.75) is 32.1 Å². The van der Waals surface area contributed by atoms with Gasteiger partial charge in [0.05, 0.1) is 5.02 Å². The van der Waals surface area contributed by atoms with E-state index in [1.165, 1.54) is 24.6 Å². The lowest BCUT2D eigenvalue weighted by Gasteiger charge is -2.13. The molecule has 1 saturated carbocycles. The summed E-state index contributed by atoms with van der Waals surface area (Å²) in [6.07, 6.45) is 7.06. The highest BCUT2D eigenvalue weighted by Gasteiger charge is 2.12. The Bertz CT molecular complexity index is 457. The first-order chi connectivity index (χ1) is 8.16. The summed E-state index contributed by atoms with van der Waals surface area (Å²) in [6.45, 7) is 0. The van der Waals surface area contributed by atoms with Crippen LogP contribution in [0.2, 0.25) is 5.02 Å². The molecule has 0 N–H and O–H groups in total. The third-order valence-corrected chi connectivity index (χ3v) is 3.35. The maximum atomic E-state index is 13.1. The molecule has 0 unspecified atom stereocenters. The van der Waals surface area contributed by atoms with Crippen molar-refractivity contribution in [1.82, 2.24) is 0 Å². The minimum absolute atomic E-state index is 0.189. The standard InChI is InChI=1S/C14H14ClFO/c15-13-7-6-11(16)9-12(13)14(17)8-10-4-2-1-3-5-10/h6-9H,1-5H2. The zero-order valence-corrected chi connectivity index (χ0v) is 10.3. The molecular weight excluding hydrogens is 239 g/mol. The van der Waals surface area contributed by atoms with Crippen LogP contribution >= 0.6 is 11.6 Å². The van der Waals surface area contributed by atoms with Crippen LogP contribution in [0.5, 0.6) is 0 Å². The van der Waals surface area contributed by atoms with Gasteiger partial charge in [-0.2, -0.15) is 0 Å². The minimum Gasteiger partial charge on any atom is -0.289 e. The Hall–Kier alpha value is -1.15. The van der Waals surface area contributed by atoms with E-state index in [2.05, 4.69) is 0 Å². The van der Waals surface area contributed by atoms with Gasteiger partial charge in [-0.15, -0.1) is 0 Å². The summed E-state index contributed by atoms with van der Waals surface area (Å²) < 4.78 is 13.1. The highest BCUT2D eigenvalue weighted by molar-refractivity contribution is 6.34. The largest absolute Gasteiger partial charge is 0.289 e. The van der Waals surface area contributed by atoms with Gasteiger partial charge in [0.25, 0.3) is 0 Å². The fourth-order valence-electron chi connectivity index (χ4n) is 2.10. The van der Waals surface area contributed by atoms with E-state index < -0.39 is 5.82 Å². The molecule has 1 aliphatic carbocycles. The lowest BCUT2D eigenvalue weighted by atomic mass is 9.93. The van der Waals surface area contributed by atoms with E-state index in [4.69, 9.17) is 11.6 Å². The van der Waals surface area contributed by atoms with Gasteiger partial charge >= 0.3 is 0 Å². The third kappa shape index (κ3) is 3.16. The average Bonchev–Trinajstić information content (AvgIpc) is 2.33. The number of allylic oxidation sites excluding steroid dienone is 2. The van der Waals surface area contributed by atoms with Crippen molar-refractivity contribution >= 4 is 17.4 Å². The van der Waals surface area contributed by atoms with E-state index in [9.17, 15) is 9.18 Å². The van der Waals surface area contributed by atoms with Crippen molar-refractivity contribution in [1.29, 1.82) is 0 Å². The number of halogens is 2. The predicted molar refractivity (Wildman–Crippen MR) is 66.9 cm³/mol. The molecule has 0 aromatic heterocycles. The van der Waals surface area contributed by atoms with Gasteiger partial charge in [-0.05, 0) is 50.0 Å². The molecule has 0 radical (unpaired) electrons. The Labute approximate surface area is 105 Å². The van der Waals surface area contributed by atoms with Crippen molar-refractivity contribution in [3.8, 4) is 0 Å². The summed E-state index contributed by atoms with van der Waals surface area (Å²) in [6, 6.07) is 3.88. The molecule has 0 saturated heterocycles. The number of carbonyl (C=O) groups is 1. The molecule has 1 aromatic rings. The fourth-order valence-corrected chi connectivity index (χ4v) is 2.31. The lowest BCUT2D eigenvalue weighted by Crippen LogP contribution is -2.01. The molecule has 0 spiro atoms. The van der Waals surface area contributed by atoms with Gasteiger partial charge in [0.1, 0.15) is 5.82 Å². The first-order valence-corrected chi connectivity index (χ1v) is 6.23. The molecule has 3 heteroatoms. The average molecular weight is 253 g/mol. The molecule has 0 amide bonds. The summed E-state index contributed by atoms with van der Waals surface area (Å²) in [5.41, 5.74) is 1.41. The van der Waals surface area contributed by atoms with Crippen LogP contribution < -0.4 is 0 Å². The Balaban J connectivity index is 2.21. The Morgan fingerprint density at radius 2 is 1.94 bits per heavy atom. The Morgan fingerprint density at radius 1 is 1.24 bits per heavy atom. The number of benzene rings is 1. The second-order valence-electron chi connectivity index (χ2n) is 4.35. The molecule has 0 heterocycles. The van der Waals surface area contributed by atoms with Crippen molar-refractivity contribution < 1.29 is 9.18 Å². The van der Waals surface area contributed by atoms with Crippen LogP contribution in [0.25, 0.3) is 0 Å². The maximum Gasteiger partial charge on any atom is 0.187 e. The molecule has 0 aliphatic heterocycles. The summed E-state index contributed by atoms with van der Waals surface area (Å²) >= 11 is 5.89. The summed E-state index contributed by atoms with van der Waals surface area (Å²) in [7, 11) is 0. The van der Waals surface area contributed by atoms with E-state index in [0.29, 0.717) is 5.02 Å². The van der Waals surface area contributed by atoms with E-state index in [1.807, 2.05) is 0 Å². The third-order valence-electron chi connectivity index (χ3n) is 3.02. The van der Waals surface area contributed by atoms with E-state index in [1.54, 1.807) is 6.08 Å². The molecule has 0 atom stereocenters. The predicted octanol–water partition coefficient (Wildman–Crippen LogP) is 4.55. The van der Waals surface area contributed by atoms with Crippen LogP contribution in [0.15, 0.2) is 29.8 Å². The Kier molecular flexibility index (Phi) is 3.95. The first-order valence-electron chi connectivity index (χ1n) is 5.85. The minimum atomic E-state index is -0.431. The van der Waals surface area contributed by atoms with Crippen LogP contribution in [-0.2, 0) is 0 Å². The number of carbonyl (C=O) groups excluding carboxylic acids is 1. The van der Waals surface area contributed by atoms with Gasteiger partial charge < -0.3 is 0 Å². The highest BCUT2D eigenvalue weighted by atomic mass is 35.5. The molecule has 1 aliphatic rings. The van der Waals surface area contributed by atoms with Crippen LogP contribution in [0.3, 0.4) is 0 Å². The monoisotopic (exact) mass is 252 g/mol. The smallest absolute Gasteiger partial charge is 0.187 e. The Morgan fingerprint density at radius 3 is 2.65 bits per heavy atom. The van der Waals surface area contributed by atoms with E-state index in [0.717, 1.165) is 31.3 Å². The molecule has 1 fully saturated rings. The number of rotatable bonds is 2. The van der Waals surface area contributed by atoms with Gasteiger partial charge in [0, 0.05) is 5.56 Å². The zero-order valence-electron chi connectivity index (χ0n) is 9.51. The fraction of sp³-hybridized carbons (Fsp3) is 0.357. The topological polar surface area (TPSA) is 17.1 Å². The molecule has 0 bridgehead atoms. The van der Waals surface area contributed by atoms with Gasteiger partial charge in [-0.1, -0.05) is 23.6 Å². The highest BCUT2D eigenvalue weighted by Crippen LogP contribution is 2.24. The second kappa shape index (κ2) is 5.46. The summed E-state index contributed by atoms with van der Waals surface area (Å²) in [5.74, 6) is -0.619. The van der Waals surface area contributed by atoms with Gasteiger partial charge in [0.2, 0.25) is 0 Å². The number of hydrogen-bond donors (Lipinski definition) is 0. The molecule has 2 rings (SSSR count). The van der Waals surface area contributed by atoms with E-state index in [-0.39, 0.29) is 11.3 Å². The molecule has 1 aromatic carbocycles. The summed E-state index contributed by atoms with van der Waals surface area (Å²) in [5, 5.41) is 0.309. The lowest BCUT2D eigenvalue weighted by molar-refractivity contribution is 0.104. The van der Waals surface area contributed by atoms with Gasteiger partial charge in [-0.25, -0.2) is 4.39 Å². The zero-order chi connectivity index (χ0) is 12.3. The van der Waals surface area contributed by atoms with Crippen molar-refractivity contribution in [3.05, 3.63) is 46.3 Å². The maximum absolute atomic E-state index is 13.1. The van der Waals surface area contributed by atoms with E-state index >= 15 is 0 Å². The normalized spacial score (nSPS) is 15.8. The van der Waals surface area contributed by atoms with Crippen LogP contribution in [-0.4, -0.2) is 5.78 Å². The van der Waals surface area contributed by atoms with Crippen LogP contribution in [0.4, 0.5) is 4.39 Å². The number of hydrogen-bond acceptors (Lipinski definition) is 1. The molecule has 17 heavy (non-hydrogen) atoms. The van der Waals surface area contributed by atoms with Gasteiger partial charge in [-0.3, -0.25) is 4.79 Å². The SMILES string of the molecule is O=C(C=C1CCCCC1)c1cc(F)ccc1Cl.